The lowest BCUT2D eigenvalue weighted by atomic mass is 10.1. The fourth-order valence-corrected chi connectivity index (χ4v) is 4.76. The second kappa shape index (κ2) is 8.74. The molecule has 0 saturated carbocycles. The van der Waals surface area contributed by atoms with Crippen molar-refractivity contribution in [1.82, 2.24) is 9.55 Å². The fraction of sp³-hybridized carbons (Fsp3) is 0.286. The topological polar surface area (TPSA) is 47.4 Å². The van der Waals surface area contributed by atoms with Crippen LogP contribution >= 0.6 is 0 Å². The average Bonchev–Trinajstić information content (AvgIpc) is 3.37. The third kappa shape index (κ3) is 4.11. The van der Waals surface area contributed by atoms with Gasteiger partial charge in [0, 0.05) is 24.6 Å². The molecule has 1 amide bonds. The molecule has 0 spiro atoms. The number of hydrogen-bond donors (Lipinski definition) is 0. The van der Waals surface area contributed by atoms with E-state index in [1.165, 1.54) is 5.56 Å². The predicted molar refractivity (Wildman–Crippen MR) is 132 cm³/mol. The minimum absolute atomic E-state index is 0.0476. The molecule has 1 atom stereocenters. The zero-order valence-corrected chi connectivity index (χ0v) is 19.4. The number of ether oxygens (including phenoxy) is 1. The highest BCUT2D eigenvalue weighted by Gasteiger charge is 2.34. The van der Waals surface area contributed by atoms with Gasteiger partial charge in [-0.3, -0.25) is 4.79 Å². The van der Waals surface area contributed by atoms with Crippen LogP contribution in [-0.2, 0) is 11.3 Å². The van der Waals surface area contributed by atoms with Gasteiger partial charge in [-0.15, -0.1) is 0 Å². The molecule has 1 aliphatic heterocycles. The molecule has 0 bridgehead atoms. The maximum atomic E-state index is 12.9. The van der Waals surface area contributed by atoms with Crippen molar-refractivity contribution in [3.63, 3.8) is 0 Å². The Labute approximate surface area is 194 Å². The summed E-state index contributed by atoms with van der Waals surface area (Å²) in [5.41, 5.74) is 6.46. The molecule has 0 aliphatic carbocycles. The molecule has 1 aliphatic rings. The first kappa shape index (κ1) is 21.3. The lowest BCUT2D eigenvalue weighted by Crippen LogP contribution is -2.24. The summed E-state index contributed by atoms with van der Waals surface area (Å²) in [7, 11) is 0. The Morgan fingerprint density at radius 1 is 0.939 bits per heavy atom. The molecule has 5 nitrogen and oxygen atoms in total. The summed E-state index contributed by atoms with van der Waals surface area (Å²) >= 11 is 0. The number of hydrogen-bond acceptors (Lipinski definition) is 3. The number of para-hydroxylation sites is 3. The number of aromatic nitrogens is 2. The number of nitrogens with zero attached hydrogens (tertiary/aromatic N) is 3. The van der Waals surface area contributed by atoms with E-state index in [4.69, 9.17) is 9.72 Å². The maximum Gasteiger partial charge on any atom is 0.227 e. The standard InChI is InChI=1S/C28H29N3O2/c1-19-11-13-23(14-12-19)31-18-22(17-26(31)32)28-29-24-9-4-5-10-25(24)30(28)15-16-33-27-20(2)7-6-8-21(27)3/h4-14,22H,15-18H2,1-3H3. The molecule has 1 fully saturated rings. The van der Waals surface area contributed by atoms with E-state index in [2.05, 4.69) is 61.7 Å². The predicted octanol–water partition coefficient (Wildman–Crippen LogP) is 5.56. The summed E-state index contributed by atoms with van der Waals surface area (Å²) in [5, 5.41) is 0. The SMILES string of the molecule is Cc1ccc(N2CC(c3nc4ccccc4n3CCOc3c(C)cccc3C)CC2=O)cc1. The Balaban J connectivity index is 1.41. The van der Waals surface area contributed by atoms with Crippen LogP contribution < -0.4 is 9.64 Å². The van der Waals surface area contributed by atoms with Gasteiger partial charge in [0.2, 0.25) is 5.91 Å². The zero-order chi connectivity index (χ0) is 22.9. The van der Waals surface area contributed by atoms with Crippen molar-refractivity contribution >= 4 is 22.6 Å². The number of anilines is 1. The van der Waals surface area contributed by atoms with Crippen LogP contribution in [-0.4, -0.2) is 28.6 Å². The number of fused-ring (bicyclic) bond motifs is 1. The number of amides is 1. The molecule has 1 saturated heterocycles. The van der Waals surface area contributed by atoms with E-state index < -0.39 is 0 Å². The molecule has 33 heavy (non-hydrogen) atoms. The van der Waals surface area contributed by atoms with Crippen molar-refractivity contribution in [3.8, 4) is 5.75 Å². The molecule has 1 aromatic heterocycles. The van der Waals surface area contributed by atoms with Crippen molar-refractivity contribution in [3.05, 3.63) is 89.2 Å². The molecule has 3 aromatic carbocycles. The number of carbonyl (C=O) groups excluding carboxylic acids is 1. The lowest BCUT2D eigenvalue weighted by molar-refractivity contribution is -0.117. The van der Waals surface area contributed by atoms with E-state index in [-0.39, 0.29) is 11.8 Å². The summed E-state index contributed by atoms with van der Waals surface area (Å²) in [6.07, 6.45) is 0.467. The normalized spacial score (nSPS) is 16.0. The third-order valence-electron chi connectivity index (χ3n) is 6.49. The van der Waals surface area contributed by atoms with Gasteiger partial charge in [-0.1, -0.05) is 48.0 Å². The van der Waals surface area contributed by atoms with Crippen LogP contribution in [0.15, 0.2) is 66.7 Å². The third-order valence-corrected chi connectivity index (χ3v) is 6.49. The van der Waals surface area contributed by atoms with Crippen LogP contribution in [0.5, 0.6) is 5.75 Å². The van der Waals surface area contributed by atoms with Gasteiger partial charge >= 0.3 is 0 Å². The number of aryl methyl sites for hydroxylation is 3. The highest BCUT2D eigenvalue weighted by molar-refractivity contribution is 5.96. The first-order chi connectivity index (χ1) is 16.0. The van der Waals surface area contributed by atoms with Crippen molar-refractivity contribution in [1.29, 1.82) is 0 Å². The van der Waals surface area contributed by atoms with Gasteiger partial charge in [-0.25, -0.2) is 4.98 Å². The summed E-state index contributed by atoms with van der Waals surface area (Å²) in [6, 6.07) is 22.5. The molecule has 0 radical (unpaired) electrons. The molecule has 0 N–H and O–H groups in total. The highest BCUT2D eigenvalue weighted by Crippen LogP contribution is 2.33. The van der Waals surface area contributed by atoms with Crippen molar-refractivity contribution < 1.29 is 9.53 Å². The van der Waals surface area contributed by atoms with Gasteiger partial charge in [0.25, 0.3) is 0 Å². The summed E-state index contributed by atoms with van der Waals surface area (Å²) in [5.74, 6) is 2.11. The smallest absolute Gasteiger partial charge is 0.227 e. The van der Waals surface area contributed by atoms with E-state index in [9.17, 15) is 4.79 Å². The maximum absolute atomic E-state index is 12.9. The Kier molecular flexibility index (Phi) is 5.63. The van der Waals surface area contributed by atoms with Gasteiger partial charge in [-0.2, -0.15) is 0 Å². The highest BCUT2D eigenvalue weighted by atomic mass is 16.5. The number of carbonyl (C=O) groups is 1. The molecular formula is C28H29N3O2. The van der Waals surface area contributed by atoms with Gasteiger partial charge in [0.15, 0.2) is 0 Å². The molecule has 5 rings (SSSR count). The van der Waals surface area contributed by atoms with Gasteiger partial charge < -0.3 is 14.2 Å². The van der Waals surface area contributed by atoms with Crippen LogP contribution in [0, 0.1) is 20.8 Å². The Bertz CT molecular complexity index is 1290. The molecule has 1 unspecified atom stereocenters. The fourth-order valence-electron chi connectivity index (χ4n) is 4.76. The van der Waals surface area contributed by atoms with E-state index in [1.54, 1.807) is 0 Å². The second-order valence-electron chi connectivity index (χ2n) is 8.92. The van der Waals surface area contributed by atoms with Crippen LogP contribution in [0.1, 0.15) is 34.9 Å². The summed E-state index contributed by atoms with van der Waals surface area (Å²) < 4.78 is 8.44. The monoisotopic (exact) mass is 439 g/mol. The average molecular weight is 440 g/mol. The van der Waals surface area contributed by atoms with E-state index in [0.29, 0.717) is 26.1 Å². The Morgan fingerprint density at radius 3 is 2.42 bits per heavy atom. The minimum atomic E-state index is 0.0476. The summed E-state index contributed by atoms with van der Waals surface area (Å²) in [6.45, 7) is 8.07. The lowest BCUT2D eigenvalue weighted by Gasteiger charge is -2.18. The molecule has 4 aromatic rings. The van der Waals surface area contributed by atoms with E-state index >= 15 is 0 Å². The van der Waals surface area contributed by atoms with Gasteiger partial charge in [0.1, 0.15) is 18.2 Å². The van der Waals surface area contributed by atoms with Crippen molar-refractivity contribution in [2.24, 2.45) is 0 Å². The first-order valence-corrected chi connectivity index (χ1v) is 11.5. The molecule has 2 heterocycles. The first-order valence-electron chi connectivity index (χ1n) is 11.5. The quantitative estimate of drug-likeness (QED) is 0.395. The van der Waals surface area contributed by atoms with Crippen LogP contribution in [0.2, 0.25) is 0 Å². The number of imidazole rings is 1. The molecule has 168 valence electrons. The Hall–Kier alpha value is -3.60. The largest absolute Gasteiger partial charge is 0.491 e. The molecular weight excluding hydrogens is 410 g/mol. The zero-order valence-electron chi connectivity index (χ0n) is 19.4. The van der Waals surface area contributed by atoms with E-state index in [1.807, 2.05) is 35.2 Å². The second-order valence-corrected chi connectivity index (χ2v) is 8.92. The van der Waals surface area contributed by atoms with E-state index in [0.717, 1.165) is 39.4 Å². The molecule has 5 heteroatoms. The summed E-state index contributed by atoms with van der Waals surface area (Å²) in [4.78, 5) is 19.8. The van der Waals surface area contributed by atoms with Crippen LogP contribution in [0.25, 0.3) is 11.0 Å². The van der Waals surface area contributed by atoms with Crippen molar-refractivity contribution in [2.75, 3.05) is 18.1 Å². The number of rotatable bonds is 6. The van der Waals surface area contributed by atoms with Crippen LogP contribution in [0.3, 0.4) is 0 Å². The van der Waals surface area contributed by atoms with Gasteiger partial charge in [-0.05, 0) is 56.2 Å². The minimum Gasteiger partial charge on any atom is -0.491 e. The number of benzene rings is 3. The van der Waals surface area contributed by atoms with Crippen LogP contribution in [0.4, 0.5) is 5.69 Å². The van der Waals surface area contributed by atoms with Crippen molar-refractivity contribution in [2.45, 2.75) is 39.7 Å². The Morgan fingerprint density at radius 2 is 1.67 bits per heavy atom. The van der Waals surface area contributed by atoms with Gasteiger partial charge in [0.05, 0.1) is 17.6 Å².